The predicted molar refractivity (Wildman–Crippen MR) is 124 cm³/mol. The molecule has 0 fully saturated rings. The van der Waals surface area contributed by atoms with Crippen molar-refractivity contribution < 1.29 is 28.3 Å². The Labute approximate surface area is 201 Å². The molecule has 10 heteroatoms. The number of nitrogens with zero attached hydrogens (tertiary/aromatic N) is 1. The van der Waals surface area contributed by atoms with Crippen LogP contribution in [0.25, 0.3) is 0 Å². The summed E-state index contributed by atoms with van der Waals surface area (Å²) in [5.41, 5.74) is 5.71. The summed E-state index contributed by atoms with van der Waals surface area (Å²) in [6, 6.07) is 12.5. The summed E-state index contributed by atoms with van der Waals surface area (Å²) in [6.07, 6.45) is 1.85. The van der Waals surface area contributed by atoms with Gasteiger partial charge < -0.3 is 20.7 Å². The van der Waals surface area contributed by atoms with Crippen LogP contribution in [-0.2, 0) is 27.3 Å². The summed E-state index contributed by atoms with van der Waals surface area (Å²) >= 11 is 0. The number of aliphatic hydroxyl groups is 1. The normalized spacial score (nSPS) is 17.9. The van der Waals surface area contributed by atoms with Crippen LogP contribution in [0.4, 0.5) is 8.78 Å². The monoisotopic (exact) mass is 484 g/mol. The van der Waals surface area contributed by atoms with Crippen molar-refractivity contribution in [2.45, 2.75) is 19.9 Å². The van der Waals surface area contributed by atoms with Gasteiger partial charge in [-0.05, 0) is 31.1 Å². The van der Waals surface area contributed by atoms with Crippen molar-refractivity contribution in [3.05, 3.63) is 94.4 Å². The lowest BCUT2D eigenvalue weighted by Gasteiger charge is -2.24. The zero-order valence-electron chi connectivity index (χ0n) is 19.1. The number of aliphatic hydroxyl groups excluding tert-OH is 1. The SMILES string of the molecule is CCN1C/C=C(/C(=O)NCc2ccc(F)cc2F)C(=O)/C(O)=C(\NNCCc2ccccc2)C1=O. The number of benzene rings is 2. The second kappa shape index (κ2) is 11.9. The molecule has 0 aromatic heterocycles. The van der Waals surface area contributed by atoms with Crippen molar-refractivity contribution >= 4 is 17.6 Å². The van der Waals surface area contributed by atoms with Gasteiger partial charge in [0.25, 0.3) is 11.8 Å². The van der Waals surface area contributed by atoms with Crippen molar-refractivity contribution in [1.82, 2.24) is 21.1 Å². The van der Waals surface area contributed by atoms with E-state index in [4.69, 9.17) is 0 Å². The van der Waals surface area contributed by atoms with E-state index in [1.54, 1.807) is 6.92 Å². The Balaban J connectivity index is 1.73. The highest BCUT2D eigenvalue weighted by molar-refractivity contribution is 6.26. The van der Waals surface area contributed by atoms with Crippen LogP contribution >= 0.6 is 0 Å². The second-order valence-electron chi connectivity index (χ2n) is 7.72. The Bertz CT molecular complexity index is 1170. The first-order valence-electron chi connectivity index (χ1n) is 11.0. The average Bonchev–Trinajstić information content (AvgIpc) is 2.85. The first-order chi connectivity index (χ1) is 16.8. The number of hydrogen-bond acceptors (Lipinski definition) is 6. The fourth-order valence-corrected chi connectivity index (χ4v) is 3.40. The third-order valence-electron chi connectivity index (χ3n) is 5.39. The lowest BCUT2D eigenvalue weighted by molar-refractivity contribution is -0.129. The Morgan fingerprint density at radius 3 is 2.54 bits per heavy atom. The van der Waals surface area contributed by atoms with Gasteiger partial charge in [-0.15, -0.1) is 0 Å². The van der Waals surface area contributed by atoms with Crippen LogP contribution in [0.15, 0.2) is 71.6 Å². The molecule has 0 spiro atoms. The van der Waals surface area contributed by atoms with Gasteiger partial charge in [-0.25, -0.2) is 14.2 Å². The highest BCUT2D eigenvalue weighted by atomic mass is 19.1. The van der Waals surface area contributed by atoms with Crippen molar-refractivity contribution in [2.24, 2.45) is 0 Å². The third-order valence-corrected chi connectivity index (χ3v) is 5.39. The standard InChI is InChI=1S/C25H26F2N4O4/c1-2-31-13-11-19(24(34)28-15-17-8-9-18(26)14-20(17)27)22(32)23(33)21(25(31)35)30-29-12-10-16-6-4-3-5-7-16/h3-9,11,14,29-30,33H,2,10,12-13,15H2,1H3,(H,28,34)/b19-11+,23-21+. The Morgan fingerprint density at radius 1 is 1.11 bits per heavy atom. The quantitative estimate of drug-likeness (QED) is 0.246. The number of Topliss-reactive ketones (excluding diaryl/α,β-unsaturated/α-hetero) is 1. The minimum absolute atomic E-state index is 0.0220. The zero-order chi connectivity index (χ0) is 25.4. The van der Waals surface area contributed by atoms with Gasteiger partial charge in [-0.3, -0.25) is 14.4 Å². The van der Waals surface area contributed by atoms with E-state index >= 15 is 0 Å². The van der Waals surface area contributed by atoms with E-state index in [-0.39, 0.29) is 30.9 Å². The van der Waals surface area contributed by atoms with Crippen LogP contribution in [0.3, 0.4) is 0 Å². The van der Waals surface area contributed by atoms with Gasteiger partial charge >= 0.3 is 0 Å². The van der Waals surface area contributed by atoms with Crippen LogP contribution in [-0.4, -0.2) is 47.2 Å². The van der Waals surface area contributed by atoms with E-state index in [0.717, 1.165) is 11.6 Å². The van der Waals surface area contributed by atoms with E-state index in [1.807, 2.05) is 30.3 Å². The maximum absolute atomic E-state index is 13.9. The molecule has 2 aromatic rings. The molecule has 2 aromatic carbocycles. The smallest absolute Gasteiger partial charge is 0.275 e. The van der Waals surface area contributed by atoms with Crippen LogP contribution in [0.5, 0.6) is 0 Å². The van der Waals surface area contributed by atoms with E-state index < -0.39 is 40.6 Å². The molecule has 8 nitrogen and oxygen atoms in total. The number of ketones is 1. The number of allylic oxidation sites excluding steroid dienone is 1. The number of likely N-dealkylation sites (N-methyl/N-ethyl adjacent to an activating group) is 1. The number of amides is 2. The Morgan fingerprint density at radius 2 is 1.86 bits per heavy atom. The molecule has 4 N–H and O–H groups in total. The van der Waals surface area contributed by atoms with E-state index in [0.29, 0.717) is 19.0 Å². The Hall–Kier alpha value is -4.05. The molecule has 0 bridgehead atoms. The van der Waals surface area contributed by atoms with Crippen molar-refractivity contribution in [3.63, 3.8) is 0 Å². The van der Waals surface area contributed by atoms with E-state index in [9.17, 15) is 28.3 Å². The highest BCUT2D eigenvalue weighted by Gasteiger charge is 2.31. The van der Waals surface area contributed by atoms with Gasteiger partial charge in [0.05, 0.1) is 5.57 Å². The number of hydrazine groups is 1. The van der Waals surface area contributed by atoms with Crippen LogP contribution in [0.2, 0.25) is 0 Å². The number of rotatable bonds is 9. The molecular weight excluding hydrogens is 458 g/mol. The van der Waals surface area contributed by atoms with Gasteiger partial charge in [0.1, 0.15) is 11.6 Å². The van der Waals surface area contributed by atoms with Crippen LogP contribution in [0.1, 0.15) is 18.1 Å². The molecule has 184 valence electrons. The average molecular weight is 485 g/mol. The molecule has 1 aliphatic rings. The summed E-state index contributed by atoms with van der Waals surface area (Å²) < 4.78 is 27.0. The predicted octanol–water partition coefficient (Wildman–Crippen LogP) is 2.05. The third kappa shape index (κ3) is 6.51. The minimum Gasteiger partial charge on any atom is -0.503 e. The number of nitrogens with one attached hydrogen (secondary N) is 3. The summed E-state index contributed by atoms with van der Waals surface area (Å²) in [7, 11) is 0. The molecule has 35 heavy (non-hydrogen) atoms. The van der Waals surface area contributed by atoms with Crippen molar-refractivity contribution in [2.75, 3.05) is 19.6 Å². The molecule has 3 rings (SSSR count). The van der Waals surface area contributed by atoms with E-state index in [2.05, 4.69) is 16.2 Å². The Kier molecular flexibility index (Phi) is 8.69. The summed E-state index contributed by atoms with van der Waals surface area (Å²) in [5, 5.41) is 13.0. The molecule has 0 aliphatic carbocycles. The number of carbonyl (C=O) groups is 3. The minimum atomic E-state index is -1.06. The van der Waals surface area contributed by atoms with Crippen LogP contribution in [0, 0.1) is 11.6 Å². The molecule has 0 atom stereocenters. The molecular formula is C25H26F2N4O4. The second-order valence-corrected chi connectivity index (χ2v) is 7.72. The van der Waals surface area contributed by atoms with Gasteiger partial charge in [0.2, 0.25) is 5.78 Å². The summed E-state index contributed by atoms with van der Waals surface area (Å²) in [5.74, 6) is -5.07. The van der Waals surface area contributed by atoms with Crippen molar-refractivity contribution in [3.8, 4) is 0 Å². The molecule has 2 amide bonds. The van der Waals surface area contributed by atoms with Gasteiger partial charge in [0.15, 0.2) is 11.5 Å². The summed E-state index contributed by atoms with van der Waals surface area (Å²) in [4.78, 5) is 39.8. The van der Waals surface area contributed by atoms with Crippen molar-refractivity contribution in [1.29, 1.82) is 0 Å². The van der Waals surface area contributed by atoms with E-state index in [1.165, 1.54) is 17.0 Å². The first kappa shape index (κ1) is 25.6. The maximum atomic E-state index is 13.9. The molecule has 1 heterocycles. The molecule has 0 saturated heterocycles. The number of hydrogen-bond donors (Lipinski definition) is 4. The maximum Gasteiger partial charge on any atom is 0.275 e. The fourth-order valence-electron chi connectivity index (χ4n) is 3.40. The largest absolute Gasteiger partial charge is 0.503 e. The lowest BCUT2D eigenvalue weighted by atomic mass is 10.0. The van der Waals surface area contributed by atoms with Gasteiger partial charge in [0, 0.05) is 37.8 Å². The van der Waals surface area contributed by atoms with Gasteiger partial charge in [-0.2, -0.15) is 0 Å². The van der Waals surface area contributed by atoms with Gasteiger partial charge in [-0.1, -0.05) is 36.4 Å². The number of carbonyl (C=O) groups excluding carboxylic acids is 3. The molecule has 0 radical (unpaired) electrons. The summed E-state index contributed by atoms with van der Waals surface area (Å²) in [6.45, 7) is 1.99. The topological polar surface area (TPSA) is 111 Å². The lowest BCUT2D eigenvalue weighted by Crippen LogP contribution is -2.45. The highest BCUT2D eigenvalue weighted by Crippen LogP contribution is 2.15. The number of halogens is 2. The first-order valence-corrected chi connectivity index (χ1v) is 11.0. The molecule has 0 saturated carbocycles. The molecule has 1 aliphatic heterocycles. The van der Waals surface area contributed by atoms with Crippen LogP contribution < -0.4 is 16.2 Å². The molecule has 0 unspecified atom stereocenters. The zero-order valence-corrected chi connectivity index (χ0v) is 19.1. The fraction of sp³-hybridized carbons (Fsp3) is 0.240.